The van der Waals surface area contributed by atoms with Gasteiger partial charge in [-0.3, -0.25) is 0 Å². The molecule has 0 spiro atoms. The zero-order valence-electron chi connectivity index (χ0n) is 8.00. The normalized spacial score (nSPS) is 12.5. The van der Waals surface area contributed by atoms with Gasteiger partial charge in [-0.05, 0) is 28.8 Å². The smallest absolute Gasteiger partial charge is 0.143 e. The first-order valence-electron chi connectivity index (χ1n) is 4.56. The van der Waals surface area contributed by atoms with E-state index in [1.54, 1.807) is 6.20 Å². The van der Waals surface area contributed by atoms with Crippen LogP contribution in [-0.4, -0.2) is 21.9 Å². The molecule has 1 heterocycles. The summed E-state index contributed by atoms with van der Waals surface area (Å²) in [5.74, 6) is 1.49. The van der Waals surface area contributed by atoms with E-state index < -0.39 is 0 Å². The molecule has 0 fully saturated rings. The zero-order chi connectivity index (χ0) is 10.4. The molecule has 14 heavy (non-hydrogen) atoms. The van der Waals surface area contributed by atoms with Crippen molar-refractivity contribution in [1.29, 1.82) is 0 Å². The Labute approximate surface area is 97.4 Å². The predicted molar refractivity (Wildman–Crippen MR) is 62.8 cm³/mol. The van der Waals surface area contributed by atoms with Crippen LogP contribution < -0.4 is 5.32 Å². The lowest BCUT2D eigenvalue weighted by atomic mass is 10.2. The summed E-state index contributed by atoms with van der Waals surface area (Å²) in [6, 6.07) is 0.374. The molecule has 3 nitrogen and oxygen atoms in total. The van der Waals surface area contributed by atoms with Gasteiger partial charge in [0.15, 0.2) is 0 Å². The van der Waals surface area contributed by atoms with Gasteiger partial charge < -0.3 is 5.32 Å². The van der Waals surface area contributed by atoms with Gasteiger partial charge in [0.1, 0.15) is 12.1 Å². The largest absolute Gasteiger partial charge is 0.366 e. The molecule has 0 amide bonds. The highest BCUT2D eigenvalue weighted by atomic mass is 79.9. The van der Waals surface area contributed by atoms with E-state index in [9.17, 15) is 0 Å². The van der Waals surface area contributed by atoms with E-state index >= 15 is 0 Å². The van der Waals surface area contributed by atoms with Crippen molar-refractivity contribution in [3.63, 3.8) is 0 Å². The van der Waals surface area contributed by atoms with Crippen LogP contribution in [0.5, 0.6) is 0 Å². The van der Waals surface area contributed by atoms with Gasteiger partial charge in [-0.1, -0.05) is 6.92 Å². The SMILES string of the molecule is CCC(CCCl)Nc1ncncc1Br. The Morgan fingerprint density at radius 2 is 2.43 bits per heavy atom. The van der Waals surface area contributed by atoms with Gasteiger partial charge >= 0.3 is 0 Å². The molecule has 0 saturated heterocycles. The number of halogens is 2. The van der Waals surface area contributed by atoms with E-state index in [0.717, 1.165) is 23.1 Å². The maximum atomic E-state index is 5.70. The van der Waals surface area contributed by atoms with E-state index in [1.807, 2.05) is 0 Å². The maximum Gasteiger partial charge on any atom is 0.143 e. The van der Waals surface area contributed by atoms with E-state index in [4.69, 9.17) is 11.6 Å². The molecule has 0 saturated carbocycles. The summed E-state index contributed by atoms with van der Waals surface area (Å²) in [5.41, 5.74) is 0. The molecule has 1 aromatic rings. The van der Waals surface area contributed by atoms with Crippen molar-refractivity contribution in [2.24, 2.45) is 0 Å². The van der Waals surface area contributed by atoms with Gasteiger partial charge in [0.2, 0.25) is 0 Å². The summed E-state index contributed by atoms with van der Waals surface area (Å²) in [6.45, 7) is 2.12. The third-order valence-corrected chi connectivity index (χ3v) is 2.76. The van der Waals surface area contributed by atoms with Gasteiger partial charge in [-0.2, -0.15) is 0 Å². The molecule has 0 aliphatic carbocycles. The Bertz CT molecular complexity index is 283. The quantitative estimate of drug-likeness (QED) is 0.841. The molecule has 1 rings (SSSR count). The van der Waals surface area contributed by atoms with Crippen molar-refractivity contribution in [2.45, 2.75) is 25.8 Å². The summed E-state index contributed by atoms with van der Waals surface area (Å²) >= 11 is 9.08. The molecule has 0 bridgehead atoms. The van der Waals surface area contributed by atoms with Crippen LogP contribution in [0.3, 0.4) is 0 Å². The number of rotatable bonds is 5. The average molecular weight is 279 g/mol. The number of hydrogen-bond donors (Lipinski definition) is 1. The Kier molecular flexibility index (Phi) is 5.19. The van der Waals surface area contributed by atoms with Crippen LogP contribution in [0.25, 0.3) is 0 Å². The highest BCUT2D eigenvalue weighted by Gasteiger charge is 2.07. The highest BCUT2D eigenvalue weighted by molar-refractivity contribution is 9.10. The molecule has 0 aliphatic heterocycles. The Morgan fingerprint density at radius 1 is 1.64 bits per heavy atom. The van der Waals surface area contributed by atoms with E-state index in [0.29, 0.717) is 11.9 Å². The number of anilines is 1. The first-order chi connectivity index (χ1) is 6.77. The topological polar surface area (TPSA) is 37.8 Å². The van der Waals surface area contributed by atoms with Crippen molar-refractivity contribution in [1.82, 2.24) is 9.97 Å². The lowest BCUT2D eigenvalue weighted by Crippen LogP contribution is -2.19. The Morgan fingerprint density at radius 3 is 3.00 bits per heavy atom. The number of nitrogens with zero attached hydrogens (tertiary/aromatic N) is 2. The molecule has 1 unspecified atom stereocenters. The number of alkyl halides is 1. The zero-order valence-corrected chi connectivity index (χ0v) is 10.3. The molecule has 0 radical (unpaired) electrons. The summed E-state index contributed by atoms with van der Waals surface area (Å²) in [6.07, 6.45) is 5.22. The Balaban J connectivity index is 2.62. The van der Waals surface area contributed by atoms with E-state index in [1.165, 1.54) is 6.33 Å². The third kappa shape index (κ3) is 3.42. The maximum absolute atomic E-state index is 5.70. The minimum Gasteiger partial charge on any atom is -0.366 e. The number of hydrogen-bond acceptors (Lipinski definition) is 3. The second-order valence-electron chi connectivity index (χ2n) is 2.95. The molecule has 1 atom stereocenters. The molecular weight excluding hydrogens is 265 g/mol. The van der Waals surface area contributed by atoms with Crippen LogP contribution in [0.15, 0.2) is 17.0 Å². The average Bonchev–Trinajstić information content (AvgIpc) is 2.20. The van der Waals surface area contributed by atoms with Crippen LogP contribution in [0.2, 0.25) is 0 Å². The fourth-order valence-electron chi connectivity index (χ4n) is 1.12. The lowest BCUT2D eigenvalue weighted by Gasteiger charge is -2.16. The van der Waals surface area contributed by atoms with Gasteiger partial charge in [0, 0.05) is 18.1 Å². The van der Waals surface area contributed by atoms with Gasteiger partial charge in [-0.15, -0.1) is 11.6 Å². The van der Waals surface area contributed by atoms with Crippen LogP contribution in [0, 0.1) is 0 Å². The first kappa shape index (κ1) is 11.7. The van der Waals surface area contributed by atoms with Gasteiger partial charge in [0.25, 0.3) is 0 Å². The van der Waals surface area contributed by atoms with Crippen molar-refractivity contribution in [2.75, 3.05) is 11.2 Å². The van der Waals surface area contributed by atoms with Crippen LogP contribution in [0.4, 0.5) is 5.82 Å². The van der Waals surface area contributed by atoms with Gasteiger partial charge in [0.05, 0.1) is 4.47 Å². The molecule has 0 aliphatic rings. The number of aromatic nitrogens is 2. The van der Waals surface area contributed by atoms with Crippen molar-refractivity contribution in [3.05, 3.63) is 17.0 Å². The monoisotopic (exact) mass is 277 g/mol. The van der Waals surface area contributed by atoms with E-state index in [-0.39, 0.29) is 0 Å². The molecule has 78 valence electrons. The molecule has 1 N–H and O–H groups in total. The predicted octanol–water partition coefficient (Wildman–Crippen LogP) is 3.06. The summed E-state index contributed by atoms with van der Waals surface area (Å²) < 4.78 is 0.882. The second-order valence-corrected chi connectivity index (χ2v) is 4.18. The summed E-state index contributed by atoms with van der Waals surface area (Å²) in [4.78, 5) is 8.04. The lowest BCUT2D eigenvalue weighted by molar-refractivity contribution is 0.671. The third-order valence-electron chi connectivity index (χ3n) is 1.96. The van der Waals surface area contributed by atoms with Crippen LogP contribution in [0.1, 0.15) is 19.8 Å². The van der Waals surface area contributed by atoms with Crippen molar-refractivity contribution in [3.8, 4) is 0 Å². The van der Waals surface area contributed by atoms with Crippen molar-refractivity contribution >= 4 is 33.3 Å². The molecule has 1 aromatic heterocycles. The fraction of sp³-hybridized carbons (Fsp3) is 0.556. The number of nitrogens with one attached hydrogen (secondary N) is 1. The minimum absolute atomic E-state index is 0.374. The van der Waals surface area contributed by atoms with E-state index in [2.05, 4.69) is 38.1 Å². The van der Waals surface area contributed by atoms with Crippen LogP contribution in [-0.2, 0) is 0 Å². The molecule has 5 heteroatoms. The highest BCUT2D eigenvalue weighted by Crippen LogP contribution is 2.19. The fourth-order valence-corrected chi connectivity index (χ4v) is 1.72. The molecular formula is C9H13BrClN3. The summed E-state index contributed by atoms with van der Waals surface area (Å²) in [5, 5.41) is 3.32. The second kappa shape index (κ2) is 6.19. The first-order valence-corrected chi connectivity index (χ1v) is 5.88. The van der Waals surface area contributed by atoms with Gasteiger partial charge in [-0.25, -0.2) is 9.97 Å². The summed E-state index contributed by atoms with van der Waals surface area (Å²) in [7, 11) is 0. The standard InChI is InChI=1S/C9H13BrClN3/c1-2-7(3-4-11)14-9-8(10)5-12-6-13-9/h5-7H,2-4H2,1H3,(H,12,13,14). The van der Waals surface area contributed by atoms with Crippen molar-refractivity contribution < 1.29 is 0 Å². The minimum atomic E-state index is 0.374. The van der Waals surface area contributed by atoms with Crippen LogP contribution >= 0.6 is 27.5 Å². The Hall–Kier alpha value is -0.350. The molecule has 0 aromatic carbocycles.